The third-order valence-corrected chi connectivity index (χ3v) is 3.75. The van der Waals surface area contributed by atoms with Gasteiger partial charge in [0.15, 0.2) is 0 Å². The summed E-state index contributed by atoms with van der Waals surface area (Å²) in [6.07, 6.45) is 6.30. The summed E-state index contributed by atoms with van der Waals surface area (Å²) in [6.45, 7) is 4.85. The summed E-state index contributed by atoms with van der Waals surface area (Å²) in [4.78, 5) is 0.852. The number of aryl methyl sites for hydroxylation is 1. The lowest BCUT2D eigenvalue weighted by molar-refractivity contribution is 0.340. The average molecular weight is 310 g/mol. The molecule has 114 valence electrons. The lowest BCUT2D eigenvalue weighted by Crippen LogP contribution is -1.93. The fourth-order valence-corrected chi connectivity index (χ4v) is 2.47. The van der Waals surface area contributed by atoms with Crippen molar-refractivity contribution in [3.8, 4) is 5.75 Å². The number of ether oxygens (including phenoxy) is 1. The standard InChI is InChI=1S/C20H22OS/c1-3-6-16-9-12-18(13-10-16)20(22)14-11-17-7-5-8-19(15-17)21-4-2/h5,7-15H,3-4,6H2,1-2H3. The Hall–Kier alpha value is -1.93. The topological polar surface area (TPSA) is 9.23 Å². The minimum atomic E-state index is 0.676. The van der Waals surface area contributed by atoms with Gasteiger partial charge in [-0.3, -0.25) is 0 Å². The molecule has 22 heavy (non-hydrogen) atoms. The van der Waals surface area contributed by atoms with Gasteiger partial charge in [0.2, 0.25) is 0 Å². The van der Waals surface area contributed by atoms with Crippen LogP contribution in [0.1, 0.15) is 37.0 Å². The number of hydrogen-bond acceptors (Lipinski definition) is 2. The first kappa shape index (κ1) is 16.4. The molecule has 0 saturated heterocycles. The van der Waals surface area contributed by atoms with Gasteiger partial charge in [-0.1, -0.05) is 68.0 Å². The van der Waals surface area contributed by atoms with Crippen LogP contribution in [-0.2, 0) is 6.42 Å². The largest absolute Gasteiger partial charge is 0.494 e. The van der Waals surface area contributed by atoms with Gasteiger partial charge in [0.1, 0.15) is 5.75 Å². The molecule has 0 heterocycles. The molecule has 0 N–H and O–H groups in total. The van der Waals surface area contributed by atoms with E-state index in [0.717, 1.165) is 28.2 Å². The first-order chi connectivity index (χ1) is 10.7. The predicted octanol–water partition coefficient (Wildman–Crippen LogP) is 5.47. The van der Waals surface area contributed by atoms with Crippen LogP contribution in [0.3, 0.4) is 0 Å². The lowest BCUT2D eigenvalue weighted by atomic mass is 10.1. The highest BCUT2D eigenvalue weighted by Gasteiger charge is 1.99. The molecule has 0 radical (unpaired) electrons. The van der Waals surface area contributed by atoms with Gasteiger partial charge in [0, 0.05) is 4.86 Å². The van der Waals surface area contributed by atoms with Crippen LogP contribution in [-0.4, -0.2) is 11.5 Å². The SMILES string of the molecule is CCCc1ccc(C(=S)C=Cc2cccc(OCC)c2)cc1. The number of rotatable bonds is 7. The zero-order chi connectivity index (χ0) is 15.8. The summed E-state index contributed by atoms with van der Waals surface area (Å²) < 4.78 is 5.51. The Labute approximate surface area is 138 Å². The summed E-state index contributed by atoms with van der Waals surface area (Å²) in [5, 5.41) is 0. The fraction of sp³-hybridized carbons (Fsp3) is 0.250. The van der Waals surface area contributed by atoms with Crippen molar-refractivity contribution < 1.29 is 4.74 Å². The second-order valence-corrected chi connectivity index (χ2v) is 5.59. The molecule has 0 aliphatic heterocycles. The smallest absolute Gasteiger partial charge is 0.119 e. The minimum Gasteiger partial charge on any atom is -0.494 e. The van der Waals surface area contributed by atoms with Crippen LogP contribution in [0.5, 0.6) is 5.75 Å². The maximum atomic E-state index is 5.51. The van der Waals surface area contributed by atoms with Crippen LogP contribution < -0.4 is 4.74 Å². The molecule has 0 fully saturated rings. The summed E-state index contributed by atoms with van der Waals surface area (Å²) in [5.74, 6) is 0.888. The Morgan fingerprint density at radius 2 is 1.86 bits per heavy atom. The van der Waals surface area contributed by atoms with E-state index in [4.69, 9.17) is 17.0 Å². The Bertz CT molecular complexity index is 641. The molecule has 0 aliphatic carbocycles. The molecule has 2 rings (SSSR count). The lowest BCUT2D eigenvalue weighted by Gasteiger charge is -2.04. The van der Waals surface area contributed by atoms with Gasteiger partial charge in [-0.05, 0) is 48.2 Å². The van der Waals surface area contributed by atoms with Crippen molar-refractivity contribution in [1.29, 1.82) is 0 Å². The Kier molecular flexibility index (Phi) is 6.35. The van der Waals surface area contributed by atoms with Crippen LogP contribution in [0.25, 0.3) is 6.08 Å². The molecule has 2 aromatic carbocycles. The van der Waals surface area contributed by atoms with E-state index >= 15 is 0 Å². The van der Waals surface area contributed by atoms with Crippen LogP contribution in [0.15, 0.2) is 54.6 Å². The van der Waals surface area contributed by atoms with Crippen molar-refractivity contribution >= 4 is 23.2 Å². The molecule has 0 aromatic heterocycles. The van der Waals surface area contributed by atoms with Gasteiger partial charge in [0.25, 0.3) is 0 Å². The first-order valence-corrected chi connectivity index (χ1v) is 8.18. The monoisotopic (exact) mass is 310 g/mol. The normalized spacial score (nSPS) is 10.8. The van der Waals surface area contributed by atoms with Crippen molar-refractivity contribution in [3.63, 3.8) is 0 Å². The molecule has 0 spiro atoms. The quantitative estimate of drug-likeness (QED) is 0.381. The third-order valence-electron chi connectivity index (χ3n) is 3.37. The molecule has 0 bridgehead atoms. The molecule has 0 saturated carbocycles. The average Bonchev–Trinajstić information content (AvgIpc) is 2.54. The van der Waals surface area contributed by atoms with Crippen LogP contribution in [0, 0.1) is 0 Å². The van der Waals surface area contributed by atoms with Gasteiger partial charge in [-0.2, -0.15) is 0 Å². The van der Waals surface area contributed by atoms with Crippen LogP contribution >= 0.6 is 12.2 Å². The highest BCUT2D eigenvalue weighted by atomic mass is 32.1. The number of allylic oxidation sites excluding steroid dienone is 1. The van der Waals surface area contributed by atoms with E-state index < -0.39 is 0 Å². The van der Waals surface area contributed by atoms with E-state index in [9.17, 15) is 0 Å². The van der Waals surface area contributed by atoms with E-state index in [2.05, 4.69) is 31.2 Å². The first-order valence-electron chi connectivity index (χ1n) is 7.77. The molecular weight excluding hydrogens is 288 g/mol. The van der Waals surface area contributed by atoms with Crippen molar-refractivity contribution in [2.45, 2.75) is 26.7 Å². The van der Waals surface area contributed by atoms with E-state index in [1.165, 1.54) is 12.0 Å². The van der Waals surface area contributed by atoms with Crippen LogP contribution in [0.2, 0.25) is 0 Å². The Morgan fingerprint density at radius 3 is 2.55 bits per heavy atom. The van der Waals surface area contributed by atoms with Crippen molar-refractivity contribution in [1.82, 2.24) is 0 Å². The molecular formula is C20H22OS. The molecule has 2 heteroatoms. The van der Waals surface area contributed by atoms with Crippen molar-refractivity contribution in [2.24, 2.45) is 0 Å². The second kappa shape index (κ2) is 8.50. The van der Waals surface area contributed by atoms with E-state index in [1.807, 2.05) is 43.3 Å². The molecule has 1 nitrogen and oxygen atoms in total. The predicted molar refractivity (Wildman–Crippen MR) is 98.8 cm³/mol. The molecule has 0 aliphatic rings. The minimum absolute atomic E-state index is 0.676. The third kappa shape index (κ3) is 4.81. The Morgan fingerprint density at radius 1 is 1.09 bits per heavy atom. The van der Waals surface area contributed by atoms with Gasteiger partial charge in [0.05, 0.1) is 6.61 Å². The van der Waals surface area contributed by atoms with E-state index in [1.54, 1.807) is 0 Å². The summed E-state index contributed by atoms with van der Waals surface area (Å²) in [6, 6.07) is 16.6. The molecule has 0 amide bonds. The second-order valence-electron chi connectivity index (χ2n) is 5.15. The van der Waals surface area contributed by atoms with E-state index in [0.29, 0.717) is 6.61 Å². The number of hydrogen-bond donors (Lipinski definition) is 0. The molecule has 0 atom stereocenters. The van der Waals surface area contributed by atoms with Crippen LogP contribution in [0.4, 0.5) is 0 Å². The number of benzene rings is 2. The molecule has 0 unspecified atom stereocenters. The maximum Gasteiger partial charge on any atom is 0.119 e. The zero-order valence-corrected chi connectivity index (χ0v) is 14.0. The fourth-order valence-electron chi connectivity index (χ4n) is 2.27. The van der Waals surface area contributed by atoms with Gasteiger partial charge >= 0.3 is 0 Å². The van der Waals surface area contributed by atoms with Gasteiger partial charge < -0.3 is 4.74 Å². The van der Waals surface area contributed by atoms with Crippen molar-refractivity contribution in [2.75, 3.05) is 6.61 Å². The summed E-state index contributed by atoms with van der Waals surface area (Å²) in [5.41, 5.74) is 3.55. The van der Waals surface area contributed by atoms with Gasteiger partial charge in [-0.15, -0.1) is 0 Å². The maximum absolute atomic E-state index is 5.51. The summed E-state index contributed by atoms with van der Waals surface area (Å²) in [7, 11) is 0. The van der Waals surface area contributed by atoms with Crippen molar-refractivity contribution in [3.05, 3.63) is 71.3 Å². The van der Waals surface area contributed by atoms with E-state index in [-0.39, 0.29) is 0 Å². The zero-order valence-electron chi connectivity index (χ0n) is 13.2. The summed E-state index contributed by atoms with van der Waals surface area (Å²) >= 11 is 5.49. The van der Waals surface area contributed by atoms with Gasteiger partial charge in [-0.25, -0.2) is 0 Å². The molecule has 2 aromatic rings. The highest BCUT2D eigenvalue weighted by molar-refractivity contribution is 7.81. The highest BCUT2D eigenvalue weighted by Crippen LogP contribution is 2.15. The number of thiocarbonyl (C=S) groups is 1. The Balaban J connectivity index is 2.05.